The Kier molecular flexibility index (Phi) is 5.34. The Labute approximate surface area is 118 Å². The zero-order valence-electron chi connectivity index (χ0n) is 10.8. The zero-order chi connectivity index (χ0) is 14.6. The lowest BCUT2D eigenvalue weighted by atomic mass is 10.2. The molecule has 2 N–H and O–H groups in total. The first-order chi connectivity index (χ1) is 8.75. The van der Waals surface area contributed by atoms with Crippen molar-refractivity contribution in [3.05, 3.63) is 29.3 Å². The van der Waals surface area contributed by atoms with Crippen molar-refractivity contribution in [1.29, 1.82) is 0 Å². The second-order valence-corrected chi connectivity index (χ2v) is 6.90. The van der Waals surface area contributed by atoms with Crippen LogP contribution in [0.15, 0.2) is 29.2 Å². The number of nitrogens with zero attached hydrogens (tertiary/aromatic N) is 1. The van der Waals surface area contributed by atoms with Crippen molar-refractivity contribution in [2.45, 2.75) is 18.7 Å². The maximum Gasteiger partial charge on any atom is 0.245 e. The molecule has 106 valence electrons. The summed E-state index contributed by atoms with van der Waals surface area (Å²) in [5.41, 5.74) is 5.10. The van der Waals surface area contributed by atoms with E-state index >= 15 is 0 Å². The van der Waals surface area contributed by atoms with E-state index in [2.05, 4.69) is 0 Å². The number of sulfonamides is 1. The van der Waals surface area contributed by atoms with E-state index in [1.807, 2.05) is 13.8 Å². The van der Waals surface area contributed by atoms with Gasteiger partial charge >= 0.3 is 0 Å². The Morgan fingerprint density at radius 3 is 2.42 bits per heavy atom. The predicted octanol–water partition coefficient (Wildman–Crippen LogP) is 1.47. The molecule has 7 heteroatoms. The van der Waals surface area contributed by atoms with Crippen LogP contribution in [0.1, 0.15) is 13.8 Å². The first kappa shape index (κ1) is 15.9. The summed E-state index contributed by atoms with van der Waals surface area (Å²) in [4.78, 5) is 11.0. The van der Waals surface area contributed by atoms with E-state index in [1.54, 1.807) is 12.1 Å². The highest BCUT2D eigenvalue weighted by atomic mass is 35.5. The van der Waals surface area contributed by atoms with Crippen LogP contribution >= 0.6 is 11.6 Å². The molecule has 0 fully saturated rings. The average Bonchev–Trinajstić information content (AvgIpc) is 2.27. The van der Waals surface area contributed by atoms with Gasteiger partial charge in [-0.15, -0.1) is 0 Å². The molecule has 0 aliphatic heterocycles. The van der Waals surface area contributed by atoms with Gasteiger partial charge in [-0.3, -0.25) is 4.79 Å². The molecular weight excluding hydrogens is 288 g/mol. The molecule has 1 amide bonds. The molecule has 19 heavy (non-hydrogen) atoms. The van der Waals surface area contributed by atoms with Crippen LogP contribution in [0, 0.1) is 5.92 Å². The Morgan fingerprint density at radius 2 is 1.95 bits per heavy atom. The maximum absolute atomic E-state index is 12.5. The van der Waals surface area contributed by atoms with Gasteiger partial charge in [0, 0.05) is 6.54 Å². The van der Waals surface area contributed by atoms with Crippen LogP contribution in [0.4, 0.5) is 0 Å². The van der Waals surface area contributed by atoms with Gasteiger partial charge in [-0.25, -0.2) is 8.42 Å². The monoisotopic (exact) mass is 304 g/mol. The third-order valence-corrected chi connectivity index (χ3v) is 4.67. The van der Waals surface area contributed by atoms with Crippen LogP contribution in [0.2, 0.25) is 5.02 Å². The van der Waals surface area contributed by atoms with Crippen LogP contribution < -0.4 is 5.73 Å². The van der Waals surface area contributed by atoms with Crippen molar-refractivity contribution in [1.82, 2.24) is 4.31 Å². The van der Waals surface area contributed by atoms with Gasteiger partial charge in [-0.2, -0.15) is 4.31 Å². The molecule has 0 bridgehead atoms. The molecule has 0 unspecified atom stereocenters. The molecular formula is C12H17ClN2O3S. The molecule has 0 atom stereocenters. The minimum absolute atomic E-state index is 0.0152. The number of amides is 1. The first-order valence-electron chi connectivity index (χ1n) is 5.78. The van der Waals surface area contributed by atoms with Crippen molar-refractivity contribution in [2.24, 2.45) is 11.7 Å². The van der Waals surface area contributed by atoms with E-state index in [-0.39, 0.29) is 28.9 Å². The zero-order valence-corrected chi connectivity index (χ0v) is 12.4. The number of hydrogen-bond acceptors (Lipinski definition) is 3. The van der Waals surface area contributed by atoms with Gasteiger partial charge in [0.05, 0.1) is 11.6 Å². The molecule has 5 nitrogen and oxygen atoms in total. The van der Waals surface area contributed by atoms with Crippen LogP contribution in [0.25, 0.3) is 0 Å². The smallest absolute Gasteiger partial charge is 0.245 e. The summed E-state index contributed by atoms with van der Waals surface area (Å²) in [6.07, 6.45) is 0. The minimum atomic E-state index is -3.82. The number of halogens is 1. The highest BCUT2D eigenvalue weighted by Crippen LogP contribution is 2.24. The van der Waals surface area contributed by atoms with E-state index in [0.717, 1.165) is 4.31 Å². The first-order valence-corrected chi connectivity index (χ1v) is 7.60. The third kappa shape index (κ3) is 4.19. The lowest BCUT2D eigenvalue weighted by molar-refractivity contribution is -0.118. The SMILES string of the molecule is CC(C)CN(CC(N)=O)S(=O)(=O)c1ccccc1Cl. The van der Waals surface area contributed by atoms with Crippen molar-refractivity contribution in [3.8, 4) is 0 Å². The molecule has 0 saturated carbocycles. The lowest BCUT2D eigenvalue weighted by Crippen LogP contribution is -2.40. The summed E-state index contributed by atoms with van der Waals surface area (Å²) in [5, 5.41) is 0.126. The van der Waals surface area contributed by atoms with Crippen molar-refractivity contribution < 1.29 is 13.2 Å². The number of hydrogen-bond donors (Lipinski definition) is 1. The van der Waals surface area contributed by atoms with E-state index in [9.17, 15) is 13.2 Å². The second kappa shape index (κ2) is 6.36. The summed E-state index contributed by atoms with van der Waals surface area (Å²) in [6, 6.07) is 6.12. The molecule has 0 aromatic heterocycles. The molecule has 0 spiro atoms. The minimum Gasteiger partial charge on any atom is -0.369 e. The topological polar surface area (TPSA) is 80.5 Å². The molecule has 0 aliphatic carbocycles. The average molecular weight is 305 g/mol. The van der Waals surface area contributed by atoms with E-state index in [0.29, 0.717) is 0 Å². The molecule has 0 radical (unpaired) electrons. The normalized spacial score (nSPS) is 12.1. The number of rotatable bonds is 6. The molecule has 0 saturated heterocycles. The highest BCUT2D eigenvalue weighted by Gasteiger charge is 2.28. The van der Waals surface area contributed by atoms with Crippen LogP contribution in [-0.2, 0) is 14.8 Å². The van der Waals surface area contributed by atoms with Gasteiger partial charge in [-0.05, 0) is 18.1 Å². The Bertz CT molecular complexity index is 558. The number of carbonyl (C=O) groups is 1. The number of benzene rings is 1. The summed E-state index contributed by atoms with van der Waals surface area (Å²) in [7, 11) is -3.82. The van der Waals surface area contributed by atoms with Crippen molar-refractivity contribution in [2.75, 3.05) is 13.1 Å². The van der Waals surface area contributed by atoms with Crippen LogP contribution in [-0.4, -0.2) is 31.7 Å². The number of carbonyl (C=O) groups excluding carboxylic acids is 1. The Hall–Kier alpha value is -1.11. The molecule has 1 aromatic rings. The molecule has 1 aromatic carbocycles. The van der Waals surface area contributed by atoms with Crippen LogP contribution in [0.3, 0.4) is 0 Å². The van der Waals surface area contributed by atoms with Gasteiger partial charge in [-0.1, -0.05) is 37.6 Å². The van der Waals surface area contributed by atoms with Gasteiger partial charge in [0.2, 0.25) is 15.9 Å². The summed E-state index contributed by atoms with van der Waals surface area (Å²) >= 11 is 5.90. The number of nitrogens with two attached hydrogens (primary N) is 1. The van der Waals surface area contributed by atoms with E-state index in [4.69, 9.17) is 17.3 Å². The fourth-order valence-corrected chi connectivity index (χ4v) is 3.68. The summed E-state index contributed by atoms with van der Waals surface area (Å²) in [6.45, 7) is 3.56. The van der Waals surface area contributed by atoms with Gasteiger partial charge < -0.3 is 5.73 Å². The van der Waals surface area contributed by atoms with Gasteiger partial charge in [0.25, 0.3) is 0 Å². The second-order valence-electron chi connectivity index (χ2n) is 4.59. The summed E-state index contributed by atoms with van der Waals surface area (Å²) in [5.74, 6) is -0.632. The summed E-state index contributed by atoms with van der Waals surface area (Å²) < 4.78 is 26.0. The maximum atomic E-state index is 12.5. The van der Waals surface area contributed by atoms with E-state index < -0.39 is 15.9 Å². The predicted molar refractivity (Wildman–Crippen MR) is 74.2 cm³/mol. The standard InChI is InChI=1S/C12H17ClN2O3S/c1-9(2)7-15(8-12(14)16)19(17,18)11-6-4-3-5-10(11)13/h3-6,9H,7-8H2,1-2H3,(H2,14,16). The Balaban J connectivity index is 3.19. The van der Waals surface area contributed by atoms with E-state index in [1.165, 1.54) is 12.1 Å². The lowest BCUT2D eigenvalue weighted by Gasteiger charge is -2.23. The fraction of sp³-hybridized carbons (Fsp3) is 0.417. The molecule has 1 rings (SSSR count). The molecule has 0 aliphatic rings. The highest BCUT2D eigenvalue weighted by molar-refractivity contribution is 7.89. The quantitative estimate of drug-likeness (QED) is 0.864. The third-order valence-electron chi connectivity index (χ3n) is 2.36. The van der Waals surface area contributed by atoms with Gasteiger partial charge in [0.1, 0.15) is 4.90 Å². The van der Waals surface area contributed by atoms with Crippen LogP contribution in [0.5, 0.6) is 0 Å². The largest absolute Gasteiger partial charge is 0.369 e. The van der Waals surface area contributed by atoms with Crippen molar-refractivity contribution >= 4 is 27.5 Å². The fourth-order valence-electron chi connectivity index (χ4n) is 1.62. The number of primary amides is 1. The Morgan fingerprint density at radius 1 is 1.37 bits per heavy atom. The molecule has 0 heterocycles. The van der Waals surface area contributed by atoms with Crippen molar-refractivity contribution in [3.63, 3.8) is 0 Å². The van der Waals surface area contributed by atoms with Gasteiger partial charge in [0.15, 0.2) is 0 Å².